The molecule has 8 heteroatoms. The number of nitrogens with zero attached hydrogens (tertiary/aromatic N) is 3. The Kier molecular flexibility index (Phi) is 5.58. The molecule has 8 nitrogen and oxygen atoms in total. The Morgan fingerprint density at radius 2 is 1.89 bits per heavy atom. The van der Waals surface area contributed by atoms with E-state index in [1.54, 1.807) is 37.4 Å². The summed E-state index contributed by atoms with van der Waals surface area (Å²) in [6.45, 7) is 5.32. The summed E-state index contributed by atoms with van der Waals surface area (Å²) in [5.41, 5.74) is 0.884. The molecule has 0 atom stereocenters. The number of nitrogens with one attached hydrogen (secondary N) is 1. The number of hydrogen-bond acceptors (Lipinski definition) is 6. The first kappa shape index (κ1) is 19.3. The lowest BCUT2D eigenvalue weighted by Gasteiger charge is -2.19. The summed E-state index contributed by atoms with van der Waals surface area (Å²) >= 11 is 0. The zero-order valence-electron chi connectivity index (χ0n) is 16.0. The molecule has 0 saturated carbocycles. The van der Waals surface area contributed by atoms with Crippen LogP contribution in [0.4, 0.5) is 0 Å². The van der Waals surface area contributed by atoms with Gasteiger partial charge in [0.25, 0.3) is 5.91 Å². The minimum absolute atomic E-state index is 0.208. The molecule has 0 fully saturated rings. The fourth-order valence-corrected chi connectivity index (χ4v) is 2.56. The summed E-state index contributed by atoms with van der Waals surface area (Å²) in [6, 6.07) is 11.3. The van der Waals surface area contributed by atoms with Gasteiger partial charge in [-0.2, -0.15) is 0 Å². The molecule has 1 amide bonds. The minimum Gasteiger partial charge on any atom is -0.488 e. The summed E-state index contributed by atoms with van der Waals surface area (Å²) in [5, 5.41) is 10.4. The van der Waals surface area contributed by atoms with Crippen molar-refractivity contribution in [1.29, 1.82) is 0 Å². The normalized spacial score (nSPS) is 11.2. The first-order valence-corrected chi connectivity index (χ1v) is 8.82. The fourth-order valence-electron chi connectivity index (χ4n) is 2.56. The van der Waals surface area contributed by atoms with Crippen LogP contribution in [-0.4, -0.2) is 38.6 Å². The topological polar surface area (TPSA) is 94.8 Å². The van der Waals surface area contributed by atoms with Crippen molar-refractivity contribution < 1.29 is 19.1 Å². The Labute approximate surface area is 162 Å². The molecule has 2 aromatic heterocycles. The largest absolute Gasteiger partial charge is 0.488 e. The van der Waals surface area contributed by atoms with Gasteiger partial charge in [0.05, 0.1) is 0 Å². The quantitative estimate of drug-likeness (QED) is 0.658. The molecule has 146 valence electrons. The number of esters is 1. The number of fused-ring (bicyclic) bond motifs is 1. The maximum absolute atomic E-state index is 12.8. The lowest BCUT2D eigenvalue weighted by atomic mass is 10.2. The van der Waals surface area contributed by atoms with Crippen molar-refractivity contribution in [2.45, 2.75) is 33.0 Å². The van der Waals surface area contributed by atoms with Gasteiger partial charge in [-0.15, -0.1) is 10.2 Å². The molecule has 0 aliphatic carbocycles. The summed E-state index contributed by atoms with van der Waals surface area (Å²) in [7, 11) is 0. The molecule has 2 heterocycles. The molecule has 1 aromatic carbocycles. The van der Waals surface area contributed by atoms with Crippen LogP contribution in [0, 0.1) is 0 Å². The molecule has 0 radical (unpaired) electrons. The summed E-state index contributed by atoms with van der Waals surface area (Å²) in [6.07, 6.45) is 3.20. The number of amides is 1. The lowest BCUT2D eigenvalue weighted by molar-refractivity contribution is -0.153. The van der Waals surface area contributed by atoms with Gasteiger partial charge in [0, 0.05) is 6.20 Å². The lowest BCUT2D eigenvalue weighted by Crippen LogP contribution is -2.35. The van der Waals surface area contributed by atoms with Gasteiger partial charge in [-0.1, -0.05) is 30.3 Å². The number of benzene rings is 1. The second kappa shape index (κ2) is 8.08. The average molecular weight is 382 g/mol. The monoisotopic (exact) mass is 382 g/mol. The highest BCUT2D eigenvalue weighted by molar-refractivity contribution is 6.03. The second-order valence-electron chi connectivity index (χ2n) is 7.16. The maximum atomic E-state index is 12.8. The number of aromatic nitrogens is 3. The van der Waals surface area contributed by atoms with Gasteiger partial charge in [-0.25, -0.2) is 0 Å². The number of carbonyl (C=O) groups excluding carboxylic acids is 2. The Balaban J connectivity index is 1.78. The molecule has 0 bridgehead atoms. The molecule has 28 heavy (non-hydrogen) atoms. The molecule has 0 saturated heterocycles. The van der Waals surface area contributed by atoms with E-state index in [-0.39, 0.29) is 18.7 Å². The SMILES string of the molecule is CC(C)(C)OC(=O)CNC(=O)c1c(OCc2ccccc2)ccn2cnnc12. The van der Waals surface area contributed by atoms with Crippen LogP contribution in [0.3, 0.4) is 0 Å². The predicted molar refractivity (Wildman–Crippen MR) is 102 cm³/mol. The van der Waals surface area contributed by atoms with Crippen LogP contribution in [-0.2, 0) is 16.1 Å². The molecule has 1 N–H and O–H groups in total. The number of ether oxygens (including phenoxy) is 2. The Hall–Kier alpha value is -3.42. The molecule has 3 rings (SSSR count). The molecule has 0 spiro atoms. The summed E-state index contributed by atoms with van der Waals surface area (Å²) in [4.78, 5) is 24.7. The van der Waals surface area contributed by atoms with Crippen molar-refractivity contribution in [3.05, 3.63) is 60.0 Å². The third-order valence-corrected chi connectivity index (χ3v) is 3.71. The molecular weight excluding hydrogens is 360 g/mol. The van der Waals surface area contributed by atoms with Crippen molar-refractivity contribution in [1.82, 2.24) is 19.9 Å². The number of pyridine rings is 1. The van der Waals surface area contributed by atoms with E-state index < -0.39 is 17.5 Å². The highest BCUT2D eigenvalue weighted by Crippen LogP contribution is 2.23. The van der Waals surface area contributed by atoms with Crippen molar-refractivity contribution in [3.8, 4) is 5.75 Å². The Bertz CT molecular complexity index is 977. The van der Waals surface area contributed by atoms with Crippen LogP contribution in [0.5, 0.6) is 5.75 Å². The van der Waals surface area contributed by atoms with Gasteiger partial charge in [-0.05, 0) is 32.4 Å². The Morgan fingerprint density at radius 3 is 2.61 bits per heavy atom. The van der Waals surface area contributed by atoms with Crippen molar-refractivity contribution >= 4 is 17.5 Å². The van der Waals surface area contributed by atoms with Crippen LogP contribution in [0.15, 0.2) is 48.9 Å². The molecule has 0 unspecified atom stereocenters. The van der Waals surface area contributed by atoms with Gasteiger partial charge < -0.3 is 14.8 Å². The van der Waals surface area contributed by atoms with E-state index in [9.17, 15) is 9.59 Å². The first-order valence-electron chi connectivity index (χ1n) is 8.82. The number of carbonyl (C=O) groups is 2. The van der Waals surface area contributed by atoms with Crippen LogP contribution in [0.1, 0.15) is 36.7 Å². The summed E-state index contributed by atoms with van der Waals surface area (Å²) in [5.74, 6) is -0.667. The highest BCUT2D eigenvalue weighted by Gasteiger charge is 2.22. The van der Waals surface area contributed by atoms with E-state index in [0.29, 0.717) is 11.4 Å². The minimum atomic E-state index is -0.626. The van der Waals surface area contributed by atoms with Crippen molar-refractivity contribution in [3.63, 3.8) is 0 Å². The zero-order chi connectivity index (χ0) is 20.1. The standard InChI is InChI=1S/C20H22N4O4/c1-20(2,3)28-16(25)11-21-19(26)17-15(9-10-24-13-22-23-18(17)24)27-12-14-7-5-4-6-8-14/h4-10,13H,11-12H2,1-3H3,(H,21,26). The van der Waals surface area contributed by atoms with E-state index in [4.69, 9.17) is 9.47 Å². The van der Waals surface area contributed by atoms with E-state index in [1.807, 2.05) is 30.3 Å². The fraction of sp³-hybridized carbons (Fsp3) is 0.300. The van der Waals surface area contributed by atoms with E-state index in [2.05, 4.69) is 15.5 Å². The third kappa shape index (κ3) is 4.85. The number of hydrogen-bond donors (Lipinski definition) is 1. The zero-order valence-corrected chi connectivity index (χ0v) is 16.0. The second-order valence-corrected chi connectivity index (χ2v) is 7.16. The van der Waals surface area contributed by atoms with E-state index in [1.165, 1.54) is 6.33 Å². The van der Waals surface area contributed by atoms with Crippen molar-refractivity contribution in [2.75, 3.05) is 6.54 Å². The predicted octanol–water partition coefficient (Wildman–Crippen LogP) is 2.38. The van der Waals surface area contributed by atoms with Crippen LogP contribution < -0.4 is 10.1 Å². The average Bonchev–Trinajstić information content (AvgIpc) is 3.12. The number of rotatable bonds is 6. The third-order valence-electron chi connectivity index (χ3n) is 3.71. The maximum Gasteiger partial charge on any atom is 0.325 e. The highest BCUT2D eigenvalue weighted by atomic mass is 16.6. The van der Waals surface area contributed by atoms with Gasteiger partial charge in [0.1, 0.15) is 36.4 Å². The van der Waals surface area contributed by atoms with Crippen LogP contribution >= 0.6 is 0 Å². The molecule has 0 aliphatic rings. The summed E-state index contributed by atoms with van der Waals surface area (Å²) < 4.78 is 12.7. The molecule has 3 aromatic rings. The van der Waals surface area contributed by atoms with Crippen molar-refractivity contribution in [2.24, 2.45) is 0 Å². The van der Waals surface area contributed by atoms with E-state index in [0.717, 1.165) is 5.56 Å². The Morgan fingerprint density at radius 1 is 1.14 bits per heavy atom. The van der Waals surface area contributed by atoms with E-state index >= 15 is 0 Å². The van der Waals surface area contributed by atoms with Gasteiger partial charge in [0.2, 0.25) is 0 Å². The van der Waals surface area contributed by atoms with Crippen LogP contribution in [0.25, 0.3) is 5.65 Å². The van der Waals surface area contributed by atoms with Crippen LogP contribution in [0.2, 0.25) is 0 Å². The smallest absolute Gasteiger partial charge is 0.325 e. The van der Waals surface area contributed by atoms with Gasteiger partial charge in [-0.3, -0.25) is 14.0 Å². The first-order chi connectivity index (χ1) is 13.3. The van der Waals surface area contributed by atoms with Gasteiger partial charge in [0.15, 0.2) is 5.65 Å². The van der Waals surface area contributed by atoms with Gasteiger partial charge >= 0.3 is 5.97 Å². The molecular formula is C20H22N4O4. The molecule has 0 aliphatic heterocycles.